The maximum absolute atomic E-state index is 12.1. The molecule has 1 heterocycles. The van der Waals surface area contributed by atoms with E-state index in [4.69, 9.17) is 0 Å². The lowest BCUT2D eigenvalue weighted by molar-refractivity contribution is -0.139. The molecule has 1 aromatic heterocycles. The second-order valence-electron chi connectivity index (χ2n) is 3.90. The Bertz CT molecular complexity index is 479. The maximum Gasteiger partial charge on any atom is 0.320 e. The smallest absolute Gasteiger partial charge is 0.320 e. The average Bonchev–Trinajstić information content (AvgIpc) is 2.43. The minimum Gasteiger partial charge on any atom is -0.468 e. The Morgan fingerprint density at radius 2 is 2.16 bits per heavy atom. The molecule has 0 radical (unpaired) electrons. The minimum atomic E-state index is -0.410. The molecule has 0 aliphatic carbocycles. The van der Waals surface area contributed by atoms with Gasteiger partial charge in [0.2, 0.25) is 0 Å². The summed E-state index contributed by atoms with van der Waals surface area (Å²) in [7, 11) is 1.32. The summed E-state index contributed by atoms with van der Waals surface area (Å²) in [5.74, 6) is -0.610. The molecule has 1 N–H and O–H groups in total. The number of nitrogens with zero attached hydrogens (tertiary/aromatic N) is 2. The molecular weight excluding hydrogens is 361 g/mol. The van der Waals surface area contributed by atoms with Gasteiger partial charge < -0.3 is 10.1 Å². The van der Waals surface area contributed by atoms with Gasteiger partial charge in [-0.15, -0.1) is 0 Å². The van der Waals surface area contributed by atoms with Gasteiger partial charge in [0.1, 0.15) is 3.92 Å². The Hall–Kier alpha value is -1.25. The summed E-state index contributed by atoms with van der Waals surface area (Å²) in [5.41, 5.74) is 1.83. The van der Waals surface area contributed by atoms with Crippen molar-refractivity contribution in [1.29, 1.82) is 0 Å². The number of nitrogens with one attached hydrogen (secondary N) is 1. The van der Waals surface area contributed by atoms with E-state index >= 15 is 0 Å². The standard InChI is InChI=1S/C12H16IN3O3/c1-4-10-8(5-7(2)15-16-10)11(17)14-6-9(13)12(18)19-3/h5,9H,4,6H2,1-3H3,(H,14,17). The molecule has 0 aromatic carbocycles. The van der Waals surface area contributed by atoms with E-state index in [1.807, 2.05) is 29.5 Å². The number of rotatable bonds is 5. The van der Waals surface area contributed by atoms with Crippen molar-refractivity contribution < 1.29 is 14.3 Å². The van der Waals surface area contributed by atoms with Gasteiger partial charge in [-0.1, -0.05) is 29.5 Å². The lowest BCUT2D eigenvalue weighted by atomic mass is 10.1. The van der Waals surface area contributed by atoms with E-state index in [9.17, 15) is 9.59 Å². The molecule has 1 amide bonds. The van der Waals surface area contributed by atoms with Gasteiger partial charge in [0.05, 0.1) is 24.1 Å². The average molecular weight is 377 g/mol. The highest BCUT2D eigenvalue weighted by Crippen LogP contribution is 2.08. The van der Waals surface area contributed by atoms with Gasteiger partial charge in [0.15, 0.2) is 0 Å². The van der Waals surface area contributed by atoms with Crippen LogP contribution in [0.4, 0.5) is 0 Å². The van der Waals surface area contributed by atoms with Crippen molar-refractivity contribution in [2.24, 2.45) is 0 Å². The zero-order valence-electron chi connectivity index (χ0n) is 11.1. The van der Waals surface area contributed by atoms with Crippen LogP contribution in [-0.2, 0) is 16.0 Å². The lowest BCUT2D eigenvalue weighted by Gasteiger charge is -2.11. The number of esters is 1. The molecule has 0 saturated carbocycles. The van der Waals surface area contributed by atoms with Crippen molar-refractivity contribution in [1.82, 2.24) is 15.5 Å². The zero-order valence-corrected chi connectivity index (χ0v) is 13.2. The number of carbonyl (C=O) groups is 2. The van der Waals surface area contributed by atoms with E-state index in [0.717, 1.165) is 0 Å². The van der Waals surface area contributed by atoms with Gasteiger partial charge in [0, 0.05) is 6.54 Å². The van der Waals surface area contributed by atoms with Gasteiger partial charge in [-0.3, -0.25) is 9.59 Å². The predicted molar refractivity (Wildman–Crippen MR) is 78.3 cm³/mol. The van der Waals surface area contributed by atoms with Crippen LogP contribution >= 0.6 is 22.6 Å². The van der Waals surface area contributed by atoms with Crippen molar-refractivity contribution in [2.75, 3.05) is 13.7 Å². The first-order valence-electron chi connectivity index (χ1n) is 5.82. The molecule has 7 heteroatoms. The van der Waals surface area contributed by atoms with E-state index in [1.54, 1.807) is 13.0 Å². The first kappa shape index (κ1) is 15.8. The number of aromatic nitrogens is 2. The van der Waals surface area contributed by atoms with Crippen LogP contribution in [0.15, 0.2) is 6.07 Å². The largest absolute Gasteiger partial charge is 0.468 e. The van der Waals surface area contributed by atoms with E-state index in [-0.39, 0.29) is 18.4 Å². The summed E-state index contributed by atoms with van der Waals surface area (Å²) >= 11 is 1.93. The molecule has 19 heavy (non-hydrogen) atoms. The predicted octanol–water partition coefficient (Wildman–Crippen LogP) is 1.05. The van der Waals surface area contributed by atoms with Crippen molar-refractivity contribution in [2.45, 2.75) is 24.2 Å². The van der Waals surface area contributed by atoms with Gasteiger partial charge >= 0.3 is 5.97 Å². The SMILES string of the molecule is CCc1nnc(C)cc1C(=O)NCC(I)C(=O)OC. The number of methoxy groups -OCH3 is 1. The minimum absolute atomic E-state index is 0.219. The molecule has 0 saturated heterocycles. The molecule has 0 bridgehead atoms. The van der Waals surface area contributed by atoms with E-state index in [2.05, 4.69) is 20.3 Å². The van der Waals surface area contributed by atoms with E-state index in [0.29, 0.717) is 23.4 Å². The molecule has 0 aliphatic rings. The number of amides is 1. The molecule has 1 aromatic rings. The Kier molecular flexibility index (Phi) is 6.13. The van der Waals surface area contributed by atoms with E-state index < -0.39 is 3.92 Å². The normalized spacial score (nSPS) is 11.8. The van der Waals surface area contributed by atoms with Crippen molar-refractivity contribution in [3.8, 4) is 0 Å². The van der Waals surface area contributed by atoms with Crippen LogP contribution in [-0.4, -0.2) is 39.7 Å². The van der Waals surface area contributed by atoms with Crippen molar-refractivity contribution in [3.63, 3.8) is 0 Å². The van der Waals surface area contributed by atoms with Crippen LogP contribution < -0.4 is 5.32 Å². The third-order valence-electron chi connectivity index (χ3n) is 2.47. The lowest BCUT2D eigenvalue weighted by Crippen LogP contribution is -2.34. The summed E-state index contributed by atoms with van der Waals surface area (Å²) in [5, 5.41) is 10.6. The molecule has 6 nitrogen and oxygen atoms in total. The Morgan fingerprint density at radius 1 is 1.47 bits per heavy atom. The highest BCUT2D eigenvalue weighted by atomic mass is 127. The van der Waals surface area contributed by atoms with E-state index in [1.165, 1.54) is 7.11 Å². The topological polar surface area (TPSA) is 81.2 Å². The number of alkyl halides is 1. The van der Waals surface area contributed by atoms with Gasteiger partial charge in [-0.05, 0) is 19.4 Å². The monoisotopic (exact) mass is 377 g/mol. The first-order chi connectivity index (χ1) is 8.99. The summed E-state index contributed by atoms with van der Waals surface area (Å²) in [6, 6.07) is 1.70. The molecule has 0 fully saturated rings. The van der Waals surface area contributed by atoms with Crippen molar-refractivity contribution >= 4 is 34.5 Å². The number of ether oxygens (including phenoxy) is 1. The van der Waals surface area contributed by atoms with Gasteiger partial charge in [0.25, 0.3) is 5.91 Å². The third-order valence-corrected chi connectivity index (χ3v) is 3.42. The zero-order chi connectivity index (χ0) is 14.4. The summed E-state index contributed by atoms with van der Waals surface area (Å²) in [6.45, 7) is 3.90. The quantitative estimate of drug-likeness (QED) is 0.472. The number of carbonyl (C=O) groups excluding carboxylic acids is 2. The summed E-state index contributed by atoms with van der Waals surface area (Å²) in [4.78, 5) is 23.3. The third kappa shape index (κ3) is 4.41. The number of aryl methyl sites for hydroxylation is 2. The Labute approximate surface area is 125 Å². The van der Waals surface area contributed by atoms with Gasteiger partial charge in [-0.2, -0.15) is 10.2 Å². The van der Waals surface area contributed by atoms with Gasteiger partial charge in [-0.25, -0.2) is 0 Å². The Morgan fingerprint density at radius 3 is 2.74 bits per heavy atom. The maximum atomic E-state index is 12.1. The van der Waals surface area contributed by atoms with Crippen molar-refractivity contribution in [3.05, 3.63) is 23.0 Å². The van der Waals surface area contributed by atoms with Crippen LogP contribution in [0.2, 0.25) is 0 Å². The number of halogens is 1. The molecule has 1 rings (SSSR count). The second-order valence-corrected chi connectivity index (χ2v) is 5.40. The number of hydrogen-bond acceptors (Lipinski definition) is 5. The highest BCUT2D eigenvalue weighted by molar-refractivity contribution is 14.1. The molecular formula is C12H16IN3O3. The van der Waals surface area contributed by atoms with Crippen LogP contribution in [0.3, 0.4) is 0 Å². The van der Waals surface area contributed by atoms with Crippen LogP contribution in [0, 0.1) is 6.92 Å². The number of hydrogen-bond donors (Lipinski definition) is 1. The highest BCUT2D eigenvalue weighted by Gasteiger charge is 2.18. The molecule has 104 valence electrons. The fraction of sp³-hybridized carbons (Fsp3) is 0.500. The molecule has 0 aliphatic heterocycles. The fourth-order valence-corrected chi connectivity index (χ4v) is 1.94. The van der Waals surface area contributed by atoms with Crippen LogP contribution in [0.5, 0.6) is 0 Å². The summed E-state index contributed by atoms with van der Waals surface area (Å²) < 4.78 is 4.18. The van der Waals surface area contributed by atoms with Crippen LogP contribution in [0.1, 0.15) is 28.7 Å². The second kappa shape index (κ2) is 7.37. The Balaban J connectivity index is 2.73. The molecule has 1 unspecified atom stereocenters. The molecule has 1 atom stereocenters. The first-order valence-corrected chi connectivity index (χ1v) is 7.07. The fourth-order valence-electron chi connectivity index (χ4n) is 1.46. The summed E-state index contributed by atoms with van der Waals surface area (Å²) in [6.07, 6.45) is 0.626. The van der Waals surface area contributed by atoms with Crippen LogP contribution in [0.25, 0.3) is 0 Å². The molecule has 0 spiro atoms.